The minimum absolute atomic E-state index is 0.0787. The summed E-state index contributed by atoms with van der Waals surface area (Å²) in [6, 6.07) is 11.6. The highest BCUT2D eigenvalue weighted by Gasteiger charge is 2.12. The molecule has 130 valence electrons. The maximum atomic E-state index is 12.0. The predicted molar refractivity (Wildman–Crippen MR) is 92.9 cm³/mol. The van der Waals surface area contributed by atoms with Crippen molar-refractivity contribution in [2.24, 2.45) is 7.05 Å². The van der Waals surface area contributed by atoms with E-state index in [4.69, 9.17) is 9.26 Å². The SMILES string of the molecule is Cc1cc(COCC(=O)Nc2cc(-c3ccccc3C)nn2C)on1. The van der Waals surface area contributed by atoms with Crippen LogP contribution in [0.2, 0.25) is 0 Å². The molecule has 0 bridgehead atoms. The fourth-order valence-electron chi connectivity index (χ4n) is 2.48. The summed E-state index contributed by atoms with van der Waals surface area (Å²) < 4.78 is 12.0. The molecule has 2 aromatic heterocycles. The molecule has 0 saturated heterocycles. The van der Waals surface area contributed by atoms with E-state index in [-0.39, 0.29) is 19.1 Å². The van der Waals surface area contributed by atoms with Gasteiger partial charge in [0.05, 0.1) is 11.4 Å². The van der Waals surface area contributed by atoms with Crippen molar-refractivity contribution in [3.8, 4) is 11.3 Å². The molecule has 0 aliphatic rings. The van der Waals surface area contributed by atoms with Gasteiger partial charge in [0.1, 0.15) is 19.0 Å². The number of carbonyl (C=O) groups is 1. The minimum Gasteiger partial charge on any atom is -0.364 e. The molecule has 0 radical (unpaired) electrons. The number of ether oxygens (including phenoxy) is 1. The van der Waals surface area contributed by atoms with E-state index in [9.17, 15) is 4.79 Å². The number of hydrogen-bond donors (Lipinski definition) is 1. The number of hydrogen-bond acceptors (Lipinski definition) is 5. The maximum absolute atomic E-state index is 12.0. The standard InChI is InChI=1S/C18H20N4O3/c1-12-6-4-5-7-15(12)16-9-17(22(3)20-16)19-18(23)11-24-10-14-8-13(2)21-25-14/h4-9H,10-11H2,1-3H3,(H,19,23). The average Bonchev–Trinajstić information content (AvgIpc) is 3.14. The lowest BCUT2D eigenvalue weighted by Crippen LogP contribution is -2.19. The van der Waals surface area contributed by atoms with Crippen molar-refractivity contribution in [1.82, 2.24) is 14.9 Å². The normalized spacial score (nSPS) is 10.8. The number of aromatic nitrogens is 3. The molecule has 2 heterocycles. The van der Waals surface area contributed by atoms with Crippen LogP contribution >= 0.6 is 0 Å². The number of carbonyl (C=O) groups excluding carboxylic acids is 1. The summed E-state index contributed by atoms with van der Waals surface area (Å²) in [5.41, 5.74) is 3.76. The summed E-state index contributed by atoms with van der Waals surface area (Å²) in [5.74, 6) is 0.950. The Morgan fingerprint density at radius 2 is 2.08 bits per heavy atom. The third-order valence-electron chi connectivity index (χ3n) is 3.72. The Labute approximate surface area is 145 Å². The predicted octanol–water partition coefficient (Wildman–Crippen LogP) is 2.85. The number of amides is 1. The van der Waals surface area contributed by atoms with Gasteiger partial charge in [0.15, 0.2) is 5.76 Å². The summed E-state index contributed by atoms with van der Waals surface area (Å²) in [7, 11) is 1.79. The number of nitrogens with one attached hydrogen (secondary N) is 1. The van der Waals surface area contributed by atoms with Crippen molar-refractivity contribution < 1.29 is 14.1 Å². The van der Waals surface area contributed by atoms with Crippen LogP contribution in [0.5, 0.6) is 0 Å². The van der Waals surface area contributed by atoms with Crippen molar-refractivity contribution >= 4 is 11.7 Å². The van der Waals surface area contributed by atoms with Crippen LogP contribution in [0.15, 0.2) is 40.9 Å². The first-order chi connectivity index (χ1) is 12.0. The van der Waals surface area contributed by atoms with Crippen LogP contribution in [0.25, 0.3) is 11.3 Å². The van der Waals surface area contributed by atoms with E-state index in [0.29, 0.717) is 11.6 Å². The Morgan fingerprint density at radius 1 is 1.28 bits per heavy atom. The number of anilines is 1. The Hall–Kier alpha value is -2.93. The Balaban J connectivity index is 1.59. The molecule has 1 aromatic carbocycles. The van der Waals surface area contributed by atoms with Crippen LogP contribution in [0, 0.1) is 13.8 Å². The highest BCUT2D eigenvalue weighted by Crippen LogP contribution is 2.24. The second kappa shape index (κ2) is 7.31. The largest absolute Gasteiger partial charge is 0.364 e. The van der Waals surface area contributed by atoms with E-state index in [1.807, 2.05) is 44.2 Å². The molecule has 0 unspecified atom stereocenters. The first-order valence-electron chi connectivity index (χ1n) is 7.93. The molecule has 0 aliphatic heterocycles. The van der Waals surface area contributed by atoms with Crippen LogP contribution in [0.3, 0.4) is 0 Å². The van der Waals surface area contributed by atoms with Gasteiger partial charge in [-0.05, 0) is 19.4 Å². The second-order valence-electron chi connectivity index (χ2n) is 5.83. The van der Waals surface area contributed by atoms with Gasteiger partial charge in [0.25, 0.3) is 5.91 Å². The number of rotatable bonds is 6. The van der Waals surface area contributed by atoms with Gasteiger partial charge in [-0.3, -0.25) is 9.48 Å². The van der Waals surface area contributed by atoms with Crippen molar-refractivity contribution in [2.45, 2.75) is 20.5 Å². The Kier molecular flexibility index (Phi) is 4.95. The second-order valence-corrected chi connectivity index (χ2v) is 5.83. The molecule has 25 heavy (non-hydrogen) atoms. The Morgan fingerprint density at radius 3 is 2.80 bits per heavy atom. The van der Waals surface area contributed by atoms with Crippen molar-refractivity contribution in [3.05, 3.63) is 53.4 Å². The zero-order valence-corrected chi connectivity index (χ0v) is 14.4. The van der Waals surface area contributed by atoms with Crippen LogP contribution in [-0.2, 0) is 23.2 Å². The molecule has 0 aliphatic carbocycles. The zero-order valence-electron chi connectivity index (χ0n) is 14.4. The van der Waals surface area contributed by atoms with Gasteiger partial charge < -0.3 is 14.6 Å². The lowest BCUT2D eigenvalue weighted by Gasteiger charge is -2.04. The van der Waals surface area contributed by atoms with E-state index in [1.165, 1.54) is 0 Å². The smallest absolute Gasteiger partial charge is 0.251 e. The lowest BCUT2D eigenvalue weighted by atomic mass is 10.1. The first-order valence-corrected chi connectivity index (χ1v) is 7.93. The van der Waals surface area contributed by atoms with Crippen LogP contribution in [-0.4, -0.2) is 27.5 Å². The molecule has 3 rings (SSSR count). The van der Waals surface area contributed by atoms with Crippen LogP contribution < -0.4 is 5.32 Å². The monoisotopic (exact) mass is 340 g/mol. The van der Waals surface area contributed by atoms with Crippen molar-refractivity contribution in [3.63, 3.8) is 0 Å². The number of aryl methyl sites for hydroxylation is 3. The minimum atomic E-state index is -0.254. The third kappa shape index (κ3) is 4.13. The van der Waals surface area contributed by atoms with E-state index in [2.05, 4.69) is 15.6 Å². The van der Waals surface area contributed by atoms with E-state index >= 15 is 0 Å². The van der Waals surface area contributed by atoms with Gasteiger partial charge in [-0.2, -0.15) is 5.10 Å². The molecular weight excluding hydrogens is 320 g/mol. The quantitative estimate of drug-likeness (QED) is 0.746. The van der Waals surface area contributed by atoms with E-state index in [1.54, 1.807) is 17.8 Å². The van der Waals surface area contributed by atoms with E-state index < -0.39 is 0 Å². The summed E-state index contributed by atoms with van der Waals surface area (Å²) in [5, 5.41) is 11.0. The van der Waals surface area contributed by atoms with Gasteiger partial charge in [-0.15, -0.1) is 0 Å². The molecule has 0 fully saturated rings. The summed E-state index contributed by atoms with van der Waals surface area (Å²) >= 11 is 0. The number of nitrogens with zero attached hydrogens (tertiary/aromatic N) is 3. The topological polar surface area (TPSA) is 82.2 Å². The highest BCUT2D eigenvalue weighted by molar-refractivity contribution is 5.91. The molecule has 0 saturated carbocycles. The molecule has 1 amide bonds. The summed E-state index contributed by atoms with van der Waals surface area (Å²) in [4.78, 5) is 12.0. The molecule has 7 heteroatoms. The zero-order chi connectivity index (χ0) is 17.8. The summed E-state index contributed by atoms with van der Waals surface area (Å²) in [6.45, 7) is 3.98. The fourth-order valence-corrected chi connectivity index (χ4v) is 2.48. The lowest BCUT2D eigenvalue weighted by molar-refractivity contribution is -0.121. The van der Waals surface area contributed by atoms with Crippen molar-refractivity contribution in [2.75, 3.05) is 11.9 Å². The molecular formula is C18H20N4O3. The molecule has 1 N–H and O–H groups in total. The first kappa shape index (κ1) is 16.9. The molecule has 3 aromatic rings. The molecule has 0 atom stereocenters. The maximum Gasteiger partial charge on any atom is 0.251 e. The van der Waals surface area contributed by atoms with Crippen LogP contribution in [0.1, 0.15) is 17.0 Å². The van der Waals surface area contributed by atoms with Crippen LogP contribution in [0.4, 0.5) is 5.82 Å². The summed E-state index contributed by atoms with van der Waals surface area (Å²) in [6.07, 6.45) is 0. The van der Waals surface area contributed by atoms with Gasteiger partial charge in [-0.1, -0.05) is 29.4 Å². The highest BCUT2D eigenvalue weighted by atomic mass is 16.5. The Bertz CT molecular complexity index is 882. The van der Waals surface area contributed by atoms with Gasteiger partial charge in [0.2, 0.25) is 0 Å². The average molecular weight is 340 g/mol. The molecule has 7 nitrogen and oxygen atoms in total. The van der Waals surface area contributed by atoms with Gasteiger partial charge in [0, 0.05) is 24.7 Å². The van der Waals surface area contributed by atoms with Crippen molar-refractivity contribution in [1.29, 1.82) is 0 Å². The van der Waals surface area contributed by atoms with E-state index in [0.717, 1.165) is 22.5 Å². The third-order valence-corrected chi connectivity index (χ3v) is 3.72. The molecule has 0 spiro atoms. The van der Waals surface area contributed by atoms with Gasteiger partial charge >= 0.3 is 0 Å². The number of benzene rings is 1. The van der Waals surface area contributed by atoms with Gasteiger partial charge in [-0.25, -0.2) is 0 Å². The fraction of sp³-hybridized carbons (Fsp3) is 0.278.